The van der Waals surface area contributed by atoms with Crippen LogP contribution in [0.15, 0.2) is 0 Å². The minimum atomic E-state index is 0.00375. The van der Waals surface area contributed by atoms with Crippen molar-refractivity contribution in [3.8, 4) is 0 Å². The number of hydrogen-bond acceptors (Lipinski definition) is 3. The van der Waals surface area contributed by atoms with Gasteiger partial charge in [-0.2, -0.15) is 0 Å². The van der Waals surface area contributed by atoms with E-state index in [2.05, 4.69) is 40.9 Å². The fourth-order valence-electron chi connectivity index (χ4n) is 2.61. The lowest BCUT2D eigenvalue weighted by molar-refractivity contribution is 0.255. The summed E-state index contributed by atoms with van der Waals surface area (Å²) in [4.78, 5) is 0. The first-order valence-electron chi connectivity index (χ1n) is 6.21. The second-order valence-corrected chi connectivity index (χ2v) is 5.25. The van der Waals surface area contributed by atoms with Crippen LogP contribution < -0.4 is 5.32 Å². The standard InChI is InChI=1S/C12H22N4/c1-9(2)16-10(3)14-15-11(16)12(4)7-5-6-8-13-12/h9,13H,5-8H2,1-4H3. The van der Waals surface area contributed by atoms with Gasteiger partial charge in [-0.3, -0.25) is 0 Å². The summed E-state index contributed by atoms with van der Waals surface area (Å²) in [5.74, 6) is 2.11. The minimum absolute atomic E-state index is 0.00375. The average Bonchev–Trinajstić information content (AvgIpc) is 2.62. The van der Waals surface area contributed by atoms with Crippen molar-refractivity contribution in [1.82, 2.24) is 20.1 Å². The highest BCUT2D eigenvalue weighted by atomic mass is 15.3. The number of rotatable bonds is 2. The molecule has 1 aliphatic rings. The second kappa shape index (κ2) is 4.17. The predicted octanol–water partition coefficient (Wildman–Crippen LogP) is 2.16. The molecule has 0 aromatic carbocycles. The van der Waals surface area contributed by atoms with Crippen molar-refractivity contribution < 1.29 is 0 Å². The molecule has 1 fully saturated rings. The van der Waals surface area contributed by atoms with Crippen molar-refractivity contribution in [2.45, 2.75) is 58.5 Å². The molecule has 0 saturated carbocycles. The van der Waals surface area contributed by atoms with Gasteiger partial charge in [0.15, 0.2) is 5.82 Å². The van der Waals surface area contributed by atoms with E-state index in [1.54, 1.807) is 0 Å². The first kappa shape index (κ1) is 11.6. The number of nitrogens with zero attached hydrogens (tertiary/aromatic N) is 3. The molecule has 1 aromatic heterocycles. The highest BCUT2D eigenvalue weighted by Crippen LogP contribution is 2.30. The molecule has 90 valence electrons. The maximum atomic E-state index is 4.38. The topological polar surface area (TPSA) is 42.7 Å². The van der Waals surface area contributed by atoms with Crippen LogP contribution in [0.5, 0.6) is 0 Å². The SMILES string of the molecule is Cc1nnc(C2(C)CCCCN2)n1C(C)C. The predicted molar refractivity (Wildman–Crippen MR) is 64.3 cm³/mol. The van der Waals surface area contributed by atoms with Gasteiger partial charge in [-0.25, -0.2) is 0 Å². The van der Waals surface area contributed by atoms with E-state index in [-0.39, 0.29) is 5.54 Å². The van der Waals surface area contributed by atoms with Crippen molar-refractivity contribution in [1.29, 1.82) is 0 Å². The molecule has 2 rings (SSSR count). The van der Waals surface area contributed by atoms with E-state index in [4.69, 9.17) is 0 Å². The molecular weight excluding hydrogens is 200 g/mol. The maximum absolute atomic E-state index is 4.38. The lowest BCUT2D eigenvalue weighted by atomic mass is 9.90. The Morgan fingerprint density at radius 3 is 2.62 bits per heavy atom. The highest BCUT2D eigenvalue weighted by molar-refractivity contribution is 5.09. The summed E-state index contributed by atoms with van der Waals surface area (Å²) in [5, 5.41) is 12.2. The van der Waals surface area contributed by atoms with Gasteiger partial charge in [0.2, 0.25) is 0 Å². The Balaban J connectivity index is 2.38. The van der Waals surface area contributed by atoms with Crippen molar-refractivity contribution >= 4 is 0 Å². The Hall–Kier alpha value is -0.900. The zero-order valence-electron chi connectivity index (χ0n) is 10.7. The van der Waals surface area contributed by atoms with E-state index >= 15 is 0 Å². The van der Waals surface area contributed by atoms with Gasteiger partial charge in [-0.15, -0.1) is 10.2 Å². The molecule has 0 aliphatic carbocycles. The number of nitrogens with one attached hydrogen (secondary N) is 1. The molecule has 1 aliphatic heterocycles. The van der Waals surface area contributed by atoms with Crippen molar-refractivity contribution in [2.24, 2.45) is 0 Å². The molecular formula is C12H22N4. The van der Waals surface area contributed by atoms with E-state index in [9.17, 15) is 0 Å². The molecule has 0 amide bonds. The average molecular weight is 222 g/mol. The molecule has 16 heavy (non-hydrogen) atoms. The third-order valence-corrected chi connectivity index (χ3v) is 3.49. The molecule has 1 saturated heterocycles. The number of aryl methyl sites for hydroxylation is 1. The maximum Gasteiger partial charge on any atom is 0.153 e. The van der Waals surface area contributed by atoms with Gasteiger partial charge in [-0.1, -0.05) is 0 Å². The molecule has 1 atom stereocenters. The van der Waals surface area contributed by atoms with Crippen LogP contribution in [0.25, 0.3) is 0 Å². The third-order valence-electron chi connectivity index (χ3n) is 3.49. The Labute approximate surface area is 97.5 Å². The van der Waals surface area contributed by atoms with E-state index in [1.165, 1.54) is 12.8 Å². The normalized spacial score (nSPS) is 26.3. The Morgan fingerprint density at radius 2 is 2.06 bits per heavy atom. The van der Waals surface area contributed by atoms with Crippen LogP contribution in [0.1, 0.15) is 57.7 Å². The third kappa shape index (κ3) is 1.86. The molecule has 4 nitrogen and oxygen atoms in total. The van der Waals surface area contributed by atoms with Gasteiger partial charge in [0.1, 0.15) is 5.82 Å². The molecule has 2 heterocycles. The minimum Gasteiger partial charge on any atom is -0.311 e. The van der Waals surface area contributed by atoms with Crippen LogP contribution >= 0.6 is 0 Å². The van der Waals surface area contributed by atoms with E-state index in [0.717, 1.165) is 24.6 Å². The van der Waals surface area contributed by atoms with Crippen molar-refractivity contribution in [2.75, 3.05) is 6.54 Å². The summed E-state index contributed by atoms with van der Waals surface area (Å²) < 4.78 is 2.25. The molecule has 1 aromatic rings. The quantitative estimate of drug-likeness (QED) is 0.833. The van der Waals surface area contributed by atoms with E-state index in [0.29, 0.717) is 6.04 Å². The first-order chi connectivity index (χ1) is 7.54. The summed E-state index contributed by atoms with van der Waals surface area (Å²) in [6.07, 6.45) is 3.69. The molecule has 0 bridgehead atoms. The summed E-state index contributed by atoms with van der Waals surface area (Å²) in [6.45, 7) is 9.73. The summed E-state index contributed by atoms with van der Waals surface area (Å²) in [5.41, 5.74) is 0.00375. The number of piperidine rings is 1. The summed E-state index contributed by atoms with van der Waals surface area (Å²) in [7, 11) is 0. The molecule has 1 N–H and O–H groups in total. The lowest BCUT2D eigenvalue weighted by Gasteiger charge is -2.35. The van der Waals surface area contributed by atoms with Crippen LogP contribution in [-0.4, -0.2) is 21.3 Å². The smallest absolute Gasteiger partial charge is 0.153 e. The fourth-order valence-corrected chi connectivity index (χ4v) is 2.61. The highest BCUT2D eigenvalue weighted by Gasteiger charge is 2.34. The first-order valence-corrected chi connectivity index (χ1v) is 6.21. The second-order valence-electron chi connectivity index (χ2n) is 5.25. The zero-order valence-corrected chi connectivity index (χ0v) is 10.7. The summed E-state index contributed by atoms with van der Waals surface area (Å²) in [6, 6.07) is 0.422. The van der Waals surface area contributed by atoms with Crippen molar-refractivity contribution in [3.63, 3.8) is 0 Å². The van der Waals surface area contributed by atoms with E-state index in [1.807, 2.05) is 6.92 Å². The van der Waals surface area contributed by atoms with E-state index < -0.39 is 0 Å². The monoisotopic (exact) mass is 222 g/mol. The van der Waals surface area contributed by atoms with Gasteiger partial charge in [0, 0.05) is 6.04 Å². The van der Waals surface area contributed by atoms with Crippen molar-refractivity contribution in [3.05, 3.63) is 11.6 Å². The molecule has 0 spiro atoms. The van der Waals surface area contributed by atoms with Crippen LogP contribution in [0.3, 0.4) is 0 Å². The number of aromatic nitrogens is 3. The Bertz CT molecular complexity index is 361. The number of hydrogen-bond donors (Lipinski definition) is 1. The molecule has 4 heteroatoms. The van der Waals surface area contributed by atoms with Crippen LogP contribution in [0.2, 0.25) is 0 Å². The Kier molecular flexibility index (Phi) is 3.02. The lowest BCUT2D eigenvalue weighted by Crippen LogP contribution is -2.45. The molecule has 0 radical (unpaired) electrons. The van der Waals surface area contributed by atoms with Gasteiger partial charge >= 0.3 is 0 Å². The van der Waals surface area contributed by atoms with Gasteiger partial charge < -0.3 is 9.88 Å². The van der Waals surface area contributed by atoms with Crippen LogP contribution in [0, 0.1) is 6.92 Å². The van der Waals surface area contributed by atoms with Gasteiger partial charge in [-0.05, 0) is 53.5 Å². The van der Waals surface area contributed by atoms with Crippen LogP contribution in [0.4, 0.5) is 0 Å². The Morgan fingerprint density at radius 1 is 1.31 bits per heavy atom. The summed E-state index contributed by atoms with van der Waals surface area (Å²) >= 11 is 0. The van der Waals surface area contributed by atoms with Gasteiger partial charge in [0.25, 0.3) is 0 Å². The molecule has 1 unspecified atom stereocenters. The zero-order chi connectivity index (χ0) is 11.8. The van der Waals surface area contributed by atoms with Crippen LogP contribution in [-0.2, 0) is 5.54 Å². The fraction of sp³-hybridized carbons (Fsp3) is 0.833. The largest absolute Gasteiger partial charge is 0.311 e. The van der Waals surface area contributed by atoms with Gasteiger partial charge in [0.05, 0.1) is 5.54 Å².